The summed E-state index contributed by atoms with van der Waals surface area (Å²) < 4.78 is 3.79. The van der Waals surface area contributed by atoms with Crippen molar-refractivity contribution < 1.29 is 9.59 Å². The normalized spacial score (nSPS) is 17.4. The van der Waals surface area contributed by atoms with Gasteiger partial charge in [-0.3, -0.25) is 14.3 Å². The fraction of sp³-hybridized carbons (Fsp3) is 0.296. The third kappa shape index (κ3) is 3.62. The molecule has 3 aromatic heterocycles. The summed E-state index contributed by atoms with van der Waals surface area (Å²) in [6.07, 6.45) is 7.12. The number of nitrogens with zero attached hydrogens (tertiary/aromatic N) is 6. The van der Waals surface area contributed by atoms with Gasteiger partial charge in [0.1, 0.15) is 11.5 Å². The summed E-state index contributed by atoms with van der Waals surface area (Å²) in [6, 6.07) is 5.75. The zero-order chi connectivity index (χ0) is 25.0. The van der Waals surface area contributed by atoms with Gasteiger partial charge in [-0.25, -0.2) is 9.97 Å². The summed E-state index contributed by atoms with van der Waals surface area (Å²) in [4.78, 5) is 35.9. The number of hydrogen-bond donors (Lipinski definition) is 1. The number of amides is 1. The molecule has 1 aliphatic carbocycles. The molecule has 2 aliphatic rings. The van der Waals surface area contributed by atoms with Gasteiger partial charge in [-0.2, -0.15) is 5.10 Å². The summed E-state index contributed by atoms with van der Waals surface area (Å²) in [6.45, 7) is 4.67. The number of pyridine rings is 1. The molecule has 4 aromatic rings. The molecule has 180 valence electrons. The molecule has 36 heavy (non-hydrogen) atoms. The van der Waals surface area contributed by atoms with Crippen LogP contribution in [0.2, 0.25) is 0 Å². The number of nitrogens with two attached hydrogens (primary N) is 1. The van der Waals surface area contributed by atoms with Crippen molar-refractivity contribution in [3.63, 3.8) is 0 Å². The van der Waals surface area contributed by atoms with Crippen molar-refractivity contribution in [1.82, 2.24) is 29.2 Å². The number of likely N-dealkylation sites (tertiary alicyclic amines) is 1. The number of fused-ring (bicyclic) bond motifs is 2. The predicted octanol–water partition coefficient (Wildman–Crippen LogP) is 2.85. The van der Waals surface area contributed by atoms with E-state index in [1.165, 1.54) is 6.08 Å². The number of carbonyl (C=O) groups is 2. The van der Waals surface area contributed by atoms with Crippen LogP contribution < -0.4 is 5.73 Å². The summed E-state index contributed by atoms with van der Waals surface area (Å²) in [5.41, 5.74) is 10.7. The molecular formula is C27H25N7O2. The number of aromatic nitrogens is 5. The molecule has 9 nitrogen and oxygen atoms in total. The summed E-state index contributed by atoms with van der Waals surface area (Å²) in [7, 11) is 1.95. The molecule has 2 N–H and O–H groups in total. The molecule has 1 saturated heterocycles. The van der Waals surface area contributed by atoms with Gasteiger partial charge >= 0.3 is 0 Å². The van der Waals surface area contributed by atoms with Crippen LogP contribution in [-0.4, -0.2) is 54.0 Å². The Balaban J connectivity index is 1.48. The lowest BCUT2D eigenvalue weighted by atomic mass is 10.0. The van der Waals surface area contributed by atoms with Crippen LogP contribution in [0.15, 0.2) is 43.4 Å². The zero-order valence-corrected chi connectivity index (χ0v) is 19.9. The van der Waals surface area contributed by atoms with Crippen molar-refractivity contribution in [2.24, 2.45) is 13.0 Å². The summed E-state index contributed by atoms with van der Waals surface area (Å²) in [5, 5.41) is 5.43. The van der Waals surface area contributed by atoms with Gasteiger partial charge in [0.25, 0.3) is 0 Å². The molecule has 6 rings (SSSR count). The van der Waals surface area contributed by atoms with Gasteiger partial charge in [-0.05, 0) is 49.5 Å². The average molecular weight is 480 g/mol. The van der Waals surface area contributed by atoms with E-state index in [-0.39, 0.29) is 29.5 Å². The van der Waals surface area contributed by atoms with E-state index in [2.05, 4.69) is 28.4 Å². The van der Waals surface area contributed by atoms with Crippen LogP contribution in [0.1, 0.15) is 46.9 Å². The van der Waals surface area contributed by atoms with Crippen molar-refractivity contribution in [2.75, 3.05) is 18.8 Å². The van der Waals surface area contributed by atoms with Crippen molar-refractivity contribution in [1.29, 1.82) is 0 Å². The first-order valence-corrected chi connectivity index (χ1v) is 12.0. The third-order valence-electron chi connectivity index (χ3n) is 7.01. The maximum atomic E-state index is 13.2. The molecule has 0 unspecified atom stereocenters. The van der Waals surface area contributed by atoms with Crippen molar-refractivity contribution >= 4 is 39.4 Å². The van der Waals surface area contributed by atoms with Crippen LogP contribution in [0.4, 0.5) is 5.82 Å². The van der Waals surface area contributed by atoms with Crippen molar-refractivity contribution in [3.05, 3.63) is 60.2 Å². The quantitative estimate of drug-likeness (QED) is 0.274. The molecule has 0 bridgehead atoms. The lowest BCUT2D eigenvalue weighted by Gasteiger charge is -2.16. The first-order valence-electron chi connectivity index (χ1n) is 12.0. The number of ketones is 1. The Morgan fingerprint density at radius 1 is 1.19 bits per heavy atom. The molecule has 1 atom stereocenters. The highest BCUT2D eigenvalue weighted by Gasteiger charge is 2.35. The van der Waals surface area contributed by atoms with E-state index in [1.807, 2.05) is 34.5 Å². The number of hydrogen-bond acceptors (Lipinski definition) is 6. The van der Waals surface area contributed by atoms with E-state index < -0.39 is 0 Å². The lowest BCUT2D eigenvalue weighted by molar-refractivity contribution is -0.125. The Hall–Kier alpha value is -4.45. The van der Waals surface area contributed by atoms with Gasteiger partial charge in [0.2, 0.25) is 5.91 Å². The molecule has 1 amide bonds. The Kier molecular flexibility index (Phi) is 5.11. The molecule has 1 saturated carbocycles. The number of imidazole rings is 1. The molecule has 0 radical (unpaired) electrons. The molecular weight excluding hydrogens is 454 g/mol. The van der Waals surface area contributed by atoms with Crippen LogP contribution in [0.3, 0.4) is 0 Å². The van der Waals surface area contributed by atoms with Gasteiger partial charge in [-0.1, -0.05) is 12.5 Å². The van der Waals surface area contributed by atoms with Crippen LogP contribution in [0, 0.1) is 17.8 Å². The van der Waals surface area contributed by atoms with Crippen LogP contribution in [0.5, 0.6) is 0 Å². The van der Waals surface area contributed by atoms with Gasteiger partial charge in [0, 0.05) is 37.8 Å². The number of Topliss-reactive ketones (excluding diaryl/α,β-unsaturated/α-hetero) is 1. The minimum Gasteiger partial charge on any atom is -0.383 e. The Bertz CT molecular complexity index is 1630. The van der Waals surface area contributed by atoms with Crippen LogP contribution >= 0.6 is 0 Å². The topological polar surface area (TPSA) is 112 Å². The van der Waals surface area contributed by atoms with Crippen LogP contribution in [0.25, 0.3) is 21.9 Å². The minimum absolute atomic E-state index is 0.0176. The largest absolute Gasteiger partial charge is 0.383 e. The smallest absolute Gasteiger partial charge is 0.246 e. The Morgan fingerprint density at radius 2 is 2.03 bits per heavy atom. The highest BCUT2D eigenvalue weighted by Crippen LogP contribution is 2.37. The number of nitrogen functional groups attached to an aromatic ring is 1. The number of anilines is 1. The van der Waals surface area contributed by atoms with Gasteiger partial charge in [0.05, 0.1) is 39.9 Å². The van der Waals surface area contributed by atoms with E-state index in [4.69, 9.17) is 10.8 Å². The third-order valence-corrected chi connectivity index (χ3v) is 7.01. The fourth-order valence-corrected chi connectivity index (χ4v) is 4.91. The van der Waals surface area contributed by atoms with Gasteiger partial charge in [0.15, 0.2) is 5.78 Å². The second-order valence-corrected chi connectivity index (χ2v) is 9.45. The SMILES string of the molecule is C=CC(=O)N1CC[C@H](n2nc(C#Cc3ccc4c(c3)ncn4C)c3c(N)ncc(C(=O)C4CC4)c32)C1. The molecule has 4 heterocycles. The monoisotopic (exact) mass is 479 g/mol. The number of rotatable bonds is 4. The van der Waals surface area contributed by atoms with Crippen LogP contribution in [-0.2, 0) is 11.8 Å². The highest BCUT2D eigenvalue weighted by molar-refractivity contribution is 6.11. The second-order valence-electron chi connectivity index (χ2n) is 9.45. The molecule has 9 heteroatoms. The van der Waals surface area contributed by atoms with Crippen molar-refractivity contribution in [3.8, 4) is 11.8 Å². The van der Waals surface area contributed by atoms with E-state index >= 15 is 0 Å². The maximum absolute atomic E-state index is 13.2. The standard InChI is InChI=1S/C27H25N7O2/c1-3-23(35)33-11-10-18(14-33)34-25-19(26(36)17-6-7-17)13-29-27(28)24(25)20(31-34)8-4-16-5-9-22-21(12-16)30-15-32(22)2/h3,5,9,12-13,15,17-18H,1,6-7,10-11,14H2,2H3,(H2,28,29)/t18-/m0/s1. The number of carbonyl (C=O) groups excluding carboxylic acids is 2. The summed E-state index contributed by atoms with van der Waals surface area (Å²) >= 11 is 0. The lowest BCUT2D eigenvalue weighted by Crippen LogP contribution is -2.27. The first-order chi connectivity index (χ1) is 17.4. The zero-order valence-electron chi connectivity index (χ0n) is 19.9. The van der Waals surface area contributed by atoms with E-state index in [0.717, 1.165) is 29.4 Å². The molecule has 0 spiro atoms. The molecule has 1 aliphatic heterocycles. The van der Waals surface area contributed by atoms with E-state index in [0.29, 0.717) is 41.7 Å². The molecule has 1 aromatic carbocycles. The fourth-order valence-electron chi connectivity index (χ4n) is 4.91. The Morgan fingerprint density at radius 3 is 2.81 bits per heavy atom. The second kappa shape index (κ2) is 8.34. The maximum Gasteiger partial charge on any atom is 0.246 e. The van der Waals surface area contributed by atoms with E-state index in [1.54, 1.807) is 17.4 Å². The highest BCUT2D eigenvalue weighted by atomic mass is 16.2. The summed E-state index contributed by atoms with van der Waals surface area (Å²) in [5.74, 6) is 6.60. The Labute approximate surface area is 207 Å². The predicted molar refractivity (Wildman–Crippen MR) is 136 cm³/mol. The van der Waals surface area contributed by atoms with Crippen molar-refractivity contribution in [2.45, 2.75) is 25.3 Å². The average Bonchev–Trinajstić information content (AvgIpc) is 3.32. The van der Waals surface area contributed by atoms with Gasteiger partial charge < -0.3 is 15.2 Å². The minimum atomic E-state index is -0.116. The van der Waals surface area contributed by atoms with Gasteiger partial charge in [-0.15, -0.1) is 0 Å². The number of aryl methyl sites for hydroxylation is 1. The van der Waals surface area contributed by atoms with E-state index in [9.17, 15) is 9.59 Å². The first kappa shape index (κ1) is 22.0. The number of benzene rings is 1. The molecule has 2 fully saturated rings.